The van der Waals surface area contributed by atoms with Crippen LogP contribution < -0.4 is 4.90 Å². The minimum Gasteiger partial charge on any atom is -0.444 e. The Morgan fingerprint density at radius 3 is 2.31 bits per heavy atom. The van der Waals surface area contributed by atoms with Gasteiger partial charge in [0.2, 0.25) is 5.82 Å². The lowest BCUT2D eigenvalue weighted by Crippen LogP contribution is -2.50. The van der Waals surface area contributed by atoms with E-state index < -0.39 is 23.7 Å². The van der Waals surface area contributed by atoms with Crippen LogP contribution in [0, 0.1) is 0 Å². The number of amides is 1. The van der Waals surface area contributed by atoms with Gasteiger partial charge in [0, 0.05) is 36.0 Å². The number of benzene rings is 1. The number of aromatic nitrogens is 2. The zero-order valence-electron chi connectivity index (χ0n) is 16.0. The van der Waals surface area contributed by atoms with Crippen LogP contribution in [0.2, 0.25) is 5.02 Å². The second kappa shape index (κ2) is 7.79. The quantitative estimate of drug-likeness (QED) is 0.549. The predicted molar refractivity (Wildman–Crippen MR) is 107 cm³/mol. The number of nitrogens with zero attached hydrogens (tertiary/aromatic N) is 4. The molecule has 0 N–H and O–H groups in total. The van der Waals surface area contributed by atoms with Gasteiger partial charge >= 0.3 is 12.3 Å². The van der Waals surface area contributed by atoms with Gasteiger partial charge in [0.15, 0.2) is 0 Å². The summed E-state index contributed by atoms with van der Waals surface area (Å²) in [6.45, 7) is 6.52. The highest BCUT2D eigenvalue weighted by atomic mass is 79.9. The fourth-order valence-corrected chi connectivity index (χ4v) is 3.40. The van der Waals surface area contributed by atoms with Crippen LogP contribution in [0.5, 0.6) is 0 Å². The largest absolute Gasteiger partial charge is 0.451 e. The molecule has 1 aromatic heterocycles. The van der Waals surface area contributed by atoms with Gasteiger partial charge in [-0.05, 0) is 48.8 Å². The number of hydrogen-bond acceptors (Lipinski definition) is 5. The molecule has 0 atom stereocenters. The topological polar surface area (TPSA) is 58.6 Å². The monoisotopic (exact) mass is 494 g/mol. The molecule has 11 heteroatoms. The van der Waals surface area contributed by atoms with E-state index >= 15 is 0 Å². The van der Waals surface area contributed by atoms with E-state index in [9.17, 15) is 18.0 Å². The first-order valence-electron chi connectivity index (χ1n) is 8.82. The minimum absolute atomic E-state index is 0.133. The average molecular weight is 496 g/mol. The van der Waals surface area contributed by atoms with Crippen LogP contribution >= 0.6 is 27.5 Å². The molecule has 0 spiro atoms. The molecule has 0 unspecified atom stereocenters. The fourth-order valence-electron chi connectivity index (χ4n) is 2.90. The zero-order chi connectivity index (χ0) is 21.6. The summed E-state index contributed by atoms with van der Waals surface area (Å²) in [4.78, 5) is 22.9. The first-order valence-corrected chi connectivity index (χ1v) is 9.99. The number of anilines is 1. The van der Waals surface area contributed by atoms with Gasteiger partial charge < -0.3 is 14.5 Å². The molecular formula is C18H19BrClF3N4O2. The van der Waals surface area contributed by atoms with Crippen LogP contribution in [0.4, 0.5) is 23.8 Å². The van der Waals surface area contributed by atoms with Gasteiger partial charge in [0.1, 0.15) is 11.4 Å². The summed E-state index contributed by atoms with van der Waals surface area (Å²) in [6, 6.07) is 2.98. The van der Waals surface area contributed by atoms with E-state index in [0.717, 1.165) is 0 Å². The second-order valence-corrected chi connectivity index (χ2v) is 8.87. The molecule has 1 saturated heterocycles. The summed E-state index contributed by atoms with van der Waals surface area (Å²) in [5, 5.41) is 0.756. The molecule has 29 heavy (non-hydrogen) atoms. The summed E-state index contributed by atoms with van der Waals surface area (Å²) in [6.07, 6.45) is -5.14. The summed E-state index contributed by atoms with van der Waals surface area (Å²) in [7, 11) is 0. The Kier molecular flexibility index (Phi) is 5.88. The van der Waals surface area contributed by atoms with Crippen molar-refractivity contribution < 1.29 is 22.7 Å². The summed E-state index contributed by atoms with van der Waals surface area (Å²) in [5.74, 6) is -1.08. The molecule has 0 bridgehead atoms. The molecule has 1 aliphatic heterocycles. The number of halogens is 5. The molecule has 2 aromatic rings. The predicted octanol–water partition coefficient (Wildman–Crippen LogP) is 5.12. The molecule has 2 heterocycles. The van der Waals surface area contributed by atoms with Crippen LogP contribution in [0.15, 0.2) is 16.6 Å². The summed E-state index contributed by atoms with van der Waals surface area (Å²) >= 11 is 9.36. The molecule has 0 aliphatic carbocycles. The van der Waals surface area contributed by atoms with E-state index in [2.05, 4.69) is 25.9 Å². The third kappa shape index (κ3) is 5.03. The molecule has 1 amide bonds. The smallest absolute Gasteiger partial charge is 0.444 e. The maximum Gasteiger partial charge on any atom is 0.451 e. The van der Waals surface area contributed by atoms with Gasteiger partial charge in [-0.2, -0.15) is 13.2 Å². The van der Waals surface area contributed by atoms with Gasteiger partial charge in [0.25, 0.3) is 0 Å². The lowest BCUT2D eigenvalue weighted by Gasteiger charge is -2.36. The van der Waals surface area contributed by atoms with Crippen molar-refractivity contribution in [3.8, 4) is 0 Å². The number of carbonyl (C=O) groups excluding carboxylic acids is 1. The number of piperazine rings is 1. The van der Waals surface area contributed by atoms with Gasteiger partial charge in [-0.3, -0.25) is 0 Å². The minimum atomic E-state index is -4.69. The second-order valence-electron chi connectivity index (χ2n) is 7.61. The number of fused-ring (bicyclic) bond motifs is 1. The molecule has 0 saturated carbocycles. The zero-order valence-corrected chi connectivity index (χ0v) is 18.3. The van der Waals surface area contributed by atoms with Crippen LogP contribution in [-0.4, -0.2) is 52.7 Å². The molecule has 6 nitrogen and oxygen atoms in total. The van der Waals surface area contributed by atoms with Crippen molar-refractivity contribution in [3.63, 3.8) is 0 Å². The Hall–Kier alpha value is -1.81. The van der Waals surface area contributed by atoms with Gasteiger partial charge in [-0.1, -0.05) is 11.6 Å². The normalized spacial score (nSPS) is 15.7. The number of ether oxygens (including phenoxy) is 1. The highest BCUT2D eigenvalue weighted by Gasteiger charge is 2.37. The molecule has 1 aliphatic rings. The van der Waals surface area contributed by atoms with Crippen molar-refractivity contribution in [2.75, 3.05) is 31.1 Å². The average Bonchev–Trinajstić information content (AvgIpc) is 2.60. The van der Waals surface area contributed by atoms with E-state index in [0.29, 0.717) is 41.1 Å². The van der Waals surface area contributed by atoms with Crippen molar-refractivity contribution in [1.82, 2.24) is 14.9 Å². The van der Waals surface area contributed by atoms with Gasteiger partial charge in [-0.15, -0.1) is 0 Å². The van der Waals surface area contributed by atoms with Crippen LogP contribution in [-0.2, 0) is 10.9 Å². The Morgan fingerprint density at radius 1 is 1.14 bits per heavy atom. The van der Waals surface area contributed by atoms with Crippen LogP contribution in [0.1, 0.15) is 26.6 Å². The standard InChI is InChI=1S/C18H19BrClF3N4O2/c1-17(2,3)29-16(28)27-6-4-26(5-7-27)14-10-8-12(20)11(19)9-13(10)24-15(25-14)18(21,22)23/h8-9H,4-7H2,1-3H3. The van der Waals surface area contributed by atoms with E-state index in [1.807, 2.05) is 0 Å². The first kappa shape index (κ1) is 21.9. The van der Waals surface area contributed by atoms with Crippen LogP contribution in [0.25, 0.3) is 10.9 Å². The SMILES string of the molecule is CC(C)(C)OC(=O)N1CCN(c2nc(C(F)(F)F)nc3cc(Br)c(Cl)cc23)CC1. The third-order valence-corrected chi connectivity index (χ3v) is 5.40. The molecule has 1 aromatic carbocycles. The Labute approximate surface area is 179 Å². The number of rotatable bonds is 1. The summed E-state index contributed by atoms with van der Waals surface area (Å²) in [5.41, 5.74) is -0.490. The number of carbonyl (C=O) groups is 1. The molecule has 158 valence electrons. The van der Waals surface area contributed by atoms with Crippen molar-refractivity contribution in [2.24, 2.45) is 0 Å². The number of alkyl halides is 3. The first-order chi connectivity index (χ1) is 13.3. The van der Waals surface area contributed by atoms with E-state index in [1.165, 1.54) is 17.0 Å². The van der Waals surface area contributed by atoms with E-state index in [4.69, 9.17) is 16.3 Å². The fraction of sp³-hybridized carbons (Fsp3) is 0.500. The van der Waals surface area contributed by atoms with E-state index in [-0.39, 0.29) is 11.3 Å². The number of hydrogen-bond donors (Lipinski definition) is 0. The van der Waals surface area contributed by atoms with Crippen molar-refractivity contribution in [3.05, 3.63) is 27.5 Å². The Bertz CT molecular complexity index is 941. The molecule has 0 radical (unpaired) electrons. The Balaban J connectivity index is 1.91. The van der Waals surface area contributed by atoms with Gasteiger partial charge in [0.05, 0.1) is 10.5 Å². The Morgan fingerprint density at radius 2 is 1.76 bits per heavy atom. The lowest BCUT2D eigenvalue weighted by molar-refractivity contribution is -0.144. The molecule has 3 rings (SSSR count). The van der Waals surface area contributed by atoms with Gasteiger partial charge in [-0.25, -0.2) is 14.8 Å². The summed E-state index contributed by atoms with van der Waals surface area (Å²) < 4.78 is 45.7. The van der Waals surface area contributed by atoms with Crippen molar-refractivity contribution in [1.29, 1.82) is 0 Å². The van der Waals surface area contributed by atoms with Crippen LogP contribution in [0.3, 0.4) is 0 Å². The highest BCUT2D eigenvalue weighted by molar-refractivity contribution is 9.10. The molecular weight excluding hydrogens is 477 g/mol. The van der Waals surface area contributed by atoms with Crippen molar-refractivity contribution in [2.45, 2.75) is 32.5 Å². The highest BCUT2D eigenvalue weighted by Crippen LogP contribution is 2.35. The maximum absolute atomic E-state index is 13.3. The third-order valence-electron chi connectivity index (χ3n) is 4.20. The maximum atomic E-state index is 13.3. The molecule has 1 fully saturated rings. The van der Waals surface area contributed by atoms with Crippen molar-refractivity contribution >= 4 is 50.3 Å². The lowest BCUT2D eigenvalue weighted by atomic mass is 10.2. The van der Waals surface area contributed by atoms with E-state index in [1.54, 1.807) is 25.7 Å².